The van der Waals surface area contributed by atoms with E-state index in [1.807, 2.05) is 11.8 Å². The molecule has 15 heavy (non-hydrogen) atoms. The molecule has 1 amide bonds. The predicted octanol–water partition coefficient (Wildman–Crippen LogP) is -0.357. The number of piperidine rings is 1. The van der Waals surface area contributed by atoms with Crippen LogP contribution in [0.4, 0.5) is 0 Å². The Balaban J connectivity index is 2.12. The maximum Gasteiger partial charge on any atom is 0.238 e. The molecule has 0 aromatic heterocycles. The van der Waals surface area contributed by atoms with Gasteiger partial charge in [-0.2, -0.15) is 11.8 Å². The van der Waals surface area contributed by atoms with E-state index in [-0.39, 0.29) is 11.4 Å². The molecular weight excluding hydrogens is 210 g/mol. The molecule has 2 saturated heterocycles. The van der Waals surface area contributed by atoms with Crippen LogP contribution in [0.15, 0.2) is 0 Å². The molecule has 0 aliphatic carbocycles. The van der Waals surface area contributed by atoms with Crippen molar-refractivity contribution in [2.45, 2.75) is 18.4 Å². The number of hydrogen-bond acceptors (Lipinski definition) is 4. The van der Waals surface area contributed by atoms with Crippen molar-refractivity contribution in [2.24, 2.45) is 5.73 Å². The molecule has 0 unspecified atom stereocenters. The summed E-state index contributed by atoms with van der Waals surface area (Å²) >= 11 is 1.96. The summed E-state index contributed by atoms with van der Waals surface area (Å²) in [6.45, 7) is 3.83. The van der Waals surface area contributed by atoms with Crippen molar-refractivity contribution >= 4 is 17.7 Å². The molecule has 4 nitrogen and oxygen atoms in total. The molecular formula is C10H19N3OS. The van der Waals surface area contributed by atoms with Crippen LogP contribution in [0.2, 0.25) is 0 Å². The number of carbonyl (C=O) groups excluding carboxylic acids is 1. The lowest BCUT2D eigenvalue weighted by molar-refractivity contribution is -0.132. The average Bonchev–Trinajstić information content (AvgIpc) is 2.31. The van der Waals surface area contributed by atoms with E-state index in [9.17, 15) is 4.79 Å². The maximum absolute atomic E-state index is 11.7. The quantitative estimate of drug-likeness (QED) is 0.679. The third-order valence-corrected chi connectivity index (χ3v) is 4.45. The third-order valence-electron chi connectivity index (χ3n) is 3.51. The van der Waals surface area contributed by atoms with Gasteiger partial charge in [0.1, 0.15) is 5.54 Å². The van der Waals surface area contributed by atoms with Crippen molar-refractivity contribution in [2.75, 3.05) is 37.7 Å². The predicted molar refractivity (Wildman–Crippen MR) is 62.9 cm³/mol. The Kier molecular flexibility index (Phi) is 3.53. The molecule has 5 heteroatoms. The molecule has 0 aromatic carbocycles. The van der Waals surface area contributed by atoms with Gasteiger partial charge in [0.2, 0.25) is 5.91 Å². The van der Waals surface area contributed by atoms with Crippen LogP contribution < -0.4 is 11.1 Å². The van der Waals surface area contributed by atoms with Crippen LogP contribution in [0.25, 0.3) is 0 Å². The van der Waals surface area contributed by atoms with Crippen LogP contribution >= 0.6 is 11.8 Å². The molecule has 0 saturated carbocycles. The summed E-state index contributed by atoms with van der Waals surface area (Å²) in [5, 5.41) is 3.29. The summed E-state index contributed by atoms with van der Waals surface area (Å²) < 4.78 is 0. The van der Waals surface area contributed by atoms with Gasteiger partial charge in [-0.05, 0) is 25.9 Å². The zero-order chi connectivity index (χ0) is 10.7. The van der Waals surface area contributed by atoms with Crippen LogP contribution in [0.5, 0.6) is 0 Å². The van der Waals surface area contributed by atoms with E-state index in [1.54, 1.807) is 0 Å². The fourth-order valence-electron chi connectivity index (χ4n) is 2.55. The highest BCUT2D eigenvalue weighted by Gasteiger charge is 2.43. The fourth-order valence-corrected chi connectivity index (χ4v) is 3.45. The van der Waals surface area contributed by atoms with Crippen LogP contribution in [0, 0.1) is 0 Å². The van der Waals surface area contributed by atoms with E-state index in [0.29, 0.717) is 0 Å². The van der Waals surface area contributed by atoms with E-state index < -0.39 is 0 Å². The fraction of sp³-hybridized carbons (Fsp3) is 0.900. The zero-order valence-electron chi connectivity index (χ0n) is 9.00. The number of amides is 1. The monoisotopic (exact) mass is 229 g/mol. The van der Waals surface area contributed by atoms with Gasteiger partial charge in [0.25, 0.3) is 0 Å². The van der Waals surface area contributed by atoms with Gasteiger partial charge in [0.15, 0.2) is 0 Å². The molecule has 0 atom stereocenters. The third kappa shape index (κ3) is 2.14. The Morgan fingerprint density at radius 2 is 1.87 bits per heavy atom. The van der Waals surface area contributed by atoms with E-state index in [0.717, 1.165) is 50.5 Å². The molecule has 2 rings (SSSR count). The van der Waals surface area contributed by atoms with Crippen LogP contribution in [-0.2, 0) is 4.79 Å². The largest absolute Gasteiger partial charge is 0.368 e. The highest BCUT2D eigenvalue weighted by atomic mass is 32.2. The van der Waals surface area contributed by atoms with Crippen molar-refractivity contribution < 1.29 is 4.79 Å². The molecule has 2 aliphatic heterocycles. The molecule has 2 aliphatic rings. The van der Waals surface area contributed by atoms with Crippen molar-refractivity contribution in [3.63, 3.8) is 0 Å². The van der Waals surface area contributed by atoms with Crippen molar-refractivity contribution in [3.05, 3.63) is 0 Å². The number of primary amides is 1. The standard InChI is InChI=1S/C10H19N3OS/c11-9(14)10(1-3-12-4-2-10)13-5-7-15-8-6-13/h12H,1-8H2,(H2,11,14). The maximum atomic E-state index is 11.7. The molecule has 0 aromatic rings. The van der Waals surface area contributed by atoms with Crippen molar-refractivity contribution in [3.8, 4) is 0 Å². The number of rotatable bonds is 2. The van der Waals surface area contributed by atoms with Gasteiger partial charge >= 0.3 is 0 Å². The minimum Gasteiger partial charge on any atom is -0.368 e. The van der Waals surface area contributed by atoms with Gasteiger partial charge < -0.3 is 11.1 Å². The van der Waals surface area contributed by atoms with Crippen molar-refractivity contribution in [1.29, 1.82) is 0 Å². The molecule has 0 radical (unpaired) electrons. The summed E-state index contributed by atoms with van der Waals surface area (Å²) in [5.74, 6) is 2.13. The highest BCUT2D eigenvalue weighted by molar-refractivity contribution is 7.99. The molecule has 0 spiro atoms. The van der Waals surface area contributed by atoms with E-state index in [4.69, 9.17) is 5.73 Å². The molecule has 86 valence electrons. The molecule has 2 heterocycles. The summed E-state index contributed by atoms with van der Waals surface area (Å²) in [6.07, 6.45) is 1.74. The smallest absolute Gasteiger partial charge is 0.238 e. The number of nitrogens with zero attached hydrogens (tertiary/aromatic N) is 1. The van der Waals surface area contributed by atoms with Crippen LogP contribution in [0.1, 0.15) is 12.8 Å². The highest BCUT2D eigenvalue weighted by Crippen LogP contribution is 2.28. The van der Waals surface area contributed by atoms with Gasteiger partial charge in [0, 0.05) is 24.6 Å². The first-order valence-electron chi connectivity index (χ1n) is 5.59. The topological polar surface area (TPSA) is 58.4 Å². The average molecular weight is 229 g/mol. The summed E-state index contributed by atoms with van der Waals surface area (Å²) in [6, 6.07) is 0. The number of nitrogens with two attached hydrogens (primary N) is 1. The first-order chi connectivity index (χ1) is 7.26. The van der Waals surface area contributed by atoms with Gasteiger partial charge in [-0.25, -0.2) is 0 Å². The first kappa shape index (κ1) is 11.2. The van der Waals surface area contributed by atoms with E-state index in [1.165, 1.54) is 0 Å². The number of thioether (sulfide) groups is 1. The Morgan fingerprint density at radius 3 is 2.40 bits per heavy atom. The summed E-state index contributed by atoms with van der Waals surface area (Å²) in [4.78, 5) is 14.0. The summed E-state index contributed by atoms with van der Waals surface area (Å²) in [7, 11) is 0. The Bertz CT molecular complexity index is 235. The van der Waals surface area contributed by atoms with Gasteiger partial charge in [-0.3, -0.25) is 9.69 Å². The lowest BCUT2D eigenvalue weighted by Crippen LogP contribution is -2.63. The second-order valence-electron chi connectivity index (χ2n) is 4.25. The first-order valence-corrected chi connectivity index (χ1v) is 6.75. The number of nitrogens with one attached hydrogen (secondary N) is 1. The van der Waals surface area contributed by atoms with Gasteiger partial charge in [-0.15, -0.1) is 0 Å². The van der Waals surface area contributed by atoms with Gasteiger partial charge in [-0.1, -0.05) is 0 Å². The lowest BCUT2D eigenvalue weighted by atomic mass is 9.85. The van der Waals surface area contributed by atoms with E-state index >= 15 is 0 Å². The normalized spacial score (nSPS) is 27.5. The zero-order valence-corrected chi connectivity index (χ0v) is 9.81. The Labute approximate surface area is 94.9 Å². The molecule has 2 fully saturated rings. The van der Waals surface area contributed by atoms with Crippen LogP contribution in [0.3, 0.4) is 0 Å². The molecule has 0 bridgehead atoms. The van der Waals surface area contributed by atoms with Crippen molar-refractivity contribution in [1.82, 2.24) is 10.2 Å². The minimum absolute atomic E-state index is 0.129. The van der Waals surface area contributed by atoms with Crippen LogP contribution in [-0.4, -0.2) is 54.0 Å². The Hall–Kier alpha value is -0.260. The van der Waals surface area contributed by atoms with Gasteiger partial charge in [0.05, 0.1) is 0 Å². The SMILES string of the molecule is NC(=O)C1(N2CCSCC2)CCNCC1. The lowest BCUT2D eigenvalue weighted by Gasteiger charge is -2.45. The Morgan fingerprint density at radius 1 is 1.27 bits per heavy atom. The molecule has 3 N–H and O–H groups in total. The second-order valence-corrected chi connectivity index (χ2v) is 5.47. The number of carbonyl (C=O) groups is 1. The number of hydrogen-bond donors (Lipinski definition) is 2. The van der Waals surface area contributed by atoms with E-state index in [2.05, 4.69) is 10.2 Å². The summed E-state index contributed by atoms with van der Waals surface area (Å²) in [5.41, 5.74) is 5.26. The second kappa shape index (κ2) is 4.72. The minimum atomic E-state index is -0.355.